The molecular formula is C23H22N2O3. The van der Waals surface area contributed by atoms with Gasteiger partial charge in [0.15, 0.2) is 0 Å². The molecule has 0 amide bonds. The Morgan fingerprint density at radius 3 is 1.82 bits per heavy atom. The van der Waals surface area contributed by atoms with Gasteiger partial charge >= 0.3 is 0 Å². The number of nitro groups is 1. The lowest BCUT2D eigenvalue weighted by molar-refractivity contribution is -0.384. The molecule has 0 radical (unpaired) electrons. The van der Waals surface area contributed by atoms with Gasteiger partial charge in [0.05, 0.1) is 4.92 Å². The van der Waals surface area contributed by atoms with Crippen LogP contribution in [0.3, 0.4) is 0 Å². The first-order chi connectivity index (χ1) is 13.6. The van der Waals surface area contributed by atoms with Crippen molar-refractivity contribution in [3.63, 3.8) is 0 Å². The Balaban J connectivity index is 2.08. The molecule has 142 valence electrons. The van der Waals surface area contributed by atoms with Crippen LogP contribution in [0.25, 0.3) is 0 Å². The summed E-state index contributed by atoms with van der Waals surface area (Å²) in [5.74, 6) is 1.62. The summed E-state index contributed by atoms with van der Waals surface area (Å²) in [5, 5.41) is 11.2. The van der Waals surface area contributed by atoms with Crippen LogP contribution in [0.4, 0.5) is 5.69 Å². The smallest absolute Gasteiger partial charge is 0.269 e. The summed E-state index contributed by atoms with van der Waals surface area (Å²) in [7, 11) is 0. The third kappa shape index (κ3) is 2.59. The minimum absolute atomic E-state index is 0.0899. The molecule has 1 aliphatic rings. The summed E-state index contributed by atoms with van der Waals surface area (Å²) >= 11 is 0. The van der Waals surface area contributed by atoms with Crippen molar-refractivity contribution in [2.24, 2.45) is 0 Å². The Hall–Kier alpha value is -3.18. The first-order valence-electron chi connectivity index (χ1n) is 9.49. The highest BCUT2D eigenvalue weighted by Gasteiger charge is 2.47. The molecule has 0 unspecified atom stereocenters. The Kier molecular flexibility index (Phi) is 4.61. The molecule has 28 heavy (non-hydrogen) atoms. The number of nitro benzene ring substituents is 1. The van der Waals surface area contributed by atoms with Gasteiger partial charge in [0.2, 0.25) is 0 Å². The van der Waals surface area contributed by atoms with Crippen molar-refractivity contribution < 1.29 is 9.66 Å². The van der Waals surface area contributed by atoms with Crippen LogP contribution in [0.1, 0.15) is 30.5 Å². The molecule has 3 aromatic rings. The van der Waals surface area contributed by atoms with Crippen molar-refractivity contribution in [3.8, 4) is 11.5 Å². The van der Waals surface area contributed by atoms with Crippen LogP contribution in [-0.2, 0) is 5.54 Å². The number of rotatable bonds is 5. The largest absolute Gasteiger partial charge is 0.457 e. The number of nitrogens with zero attached hydrogens (tertiary/aromatic N) is 2. The maximum Gasteiger partial charge on any atom is 0.269 e. The average Bonchev–Trinajstić information content (AvgIpc) is 2.74. The van der Waals surface area contributed by atoms with E-state index in [9.17, 15) is 10.1 Å². The molecule has 0 aliphatic carbocycles. The summed E-state index contributed by atoms with van der Waals surface area (Å²) in [4.78, 5) is 13.2. The Morgan fingerprint density at radius 1 is 0.857 bits per heavy atom. The fourth-order valence-electron chi connectivity index (χ4n) is 4.33. The van der Waals surface area contributed by atoms with E-state index in [1.165, 1.54) is 0 Å². The standard InChI is InChI=1S/C23H22N2O3/c1-3-24(4-2)23(17-13-15-18(16-14-17)25(26)27)19-9-5-7-11-21(19)28-22-12-8-6-10-20(22)23/h5-16H,3-4H2,1-2H3. The molecule has 1 heterocycles. The van der Waals surface area contributed by atoms with Gasteiger partial charge in [0, 0.05) is 23.3 Å². The van der Waals surface area contributed by atoms with Crippen LogP contribution in [-0.4, -0.2) is 22.9 Å². The number of ether oxygens (including phenoxy) is 1. The van der Waals surface area contributed by atoms with Crippen molar-refractivity contribution in [1.29, 1.82) is 0 Å². The molecule has 0 saturated heterocycles. The van der Waals surface area contributed by atoms with E-state index in [2.05, 4.69) is 30.9 Å². The molecule has 5 heteroatoms. The van der Waals surface area contributed by atoms with E-state index in [0.29, 0.717) is 0 Å². The zero-order chi connectivity index (χ0) is 19.7. The number of para-hydroxylation sites is 2. The van der Waals surface area contributed by atoms with Crippen molar-refractivity contribution in [1.82, 2.24) is 4.90 Å². The van der Waals surface area contributed by atoms with Gasteiger partial charge < -0.3 is 4.74 Å². The minimum atomic E-state index is -0.579. The molecule has 3 aromatic carbocycles. The molecule has 0 spiro atoms. The van der Waals surface area contributed by atoms with Gasteiger partial charge in [0.25, 0.3) is 5.69 Å². The van der Waals surface area contributed by atoms with Crippen LogP contribution in [0, 0.1) is 10.1 Å². The summed E-state index contributed by atoms with van der Waals surface area (Å²) in [6.45, 7) is 5.90. The summed E-state index contributed by atoms with van der Waals surface area (Å²) < 4.78 is 6.22. The minimum Gasteiger partial charge on any atom is -0.457 e. The van der Waals surface area contributed by atoms with Gasteiger partial charge in [-0.2, -0.15) is 0 Å². The average molecular weight is 374 g/mol. The van der Waals surface area contributed by atoms with E-state index in [1.54, 1.807) is 12.1 Å². The molecule has 1 aliphatic heterocycles. The zero-order valence-electron chi connectivity index (χ0n) is 16.0. The normalized spacial score (nSPS) is 14.1. The third-order valence-corrected chi connectivity index (χ3v) is 5.51. The molecule has 0 fully saturated rings. The fourth-order valence-corrected chi connectivity index (χ4v) is 4.33. The van der Waals surface area contributed by atoms with Gasteiger partial charge in [-0.25, -0.2) is 0 Å². The zero-order valence-corrected chi connectivity index (χ0v) is 16.0. The molecule has 0 aromatic heterocycles. The van der Waals surface area contributed by atoms with E-state index in [0.717, 1.165) is 41.3 Å². The SMILES string of the molecule is CCN(CC)C1(c2ccc([N+](=O)[O-])cc2)c2ccccc2Oc2ccccc21. The van der Waals surface area contributed by atoms with Crippen LogP contribution >= 0.6 is 0 Å². The molecular weight excluding hydrogens is 352 g/mol. The van der Waals surface area contributed by atoms with E-state index in [-0.39, 0.29) is 10.6 Å². The van der Waals surface area contributed by atoms with Crippen molar-refractivity contribution in [2.75, 3.05) is 13.1 Å². The van der Waals surface area contributed by atoms with Gasteiger partial charge in [-0.1, -0.05) is 50.2 Å². The second kappa shape index (κ2) is 7.09. The van der Waals surface area contributed by atoms with Crippen molar-refractivity contribution in [2.45, 2.75) is 19.4 Å². The van der Waals surface area contributed by atoms with Crippen LogP contribution < -0.4 is 4.74 Å². The number of benzene rings is 3. The Morgan fingerprint density at radius 2 is 1.36 bits per heavy atom. The predicted octanol–water partition coefficient (Wildman–Crippen LogP) is 5.33. The van der Waals surface area contributed by atoms with E-state index >= 15 is 0 Å². The molecule has 0 bridgehead atoms. The van der Waals surface area contributed by atoms with Gasteiger partial charge in [-0.05, 0) is 42.9 Å². The Labute approximate surface area is 164 Å². The maximum atomic E-state index is 11.2. The molecule has 0 atom stereocenters. The van der Waals surface area contributed by atoms with Gasteiger partial charge in [0.1, 0.15) is 17.0 Å². The lowest BCUT2D eigenvalue weighted by Gasteiger charge is -2.47. The van der Waals surface area contributed by atoms with Crippen LogP contribution in [0.5, 0.6) is 11.5 Å². The topological polar surface area (TPSA) is 55.6 Å². The summed E-state index contributed by atoms with van der Waals surface area (Å²) in [6.07, 6.45) is 0. The van der Waals surface area contributed by atoms with E-state index in [1.807, 2.05) is 48.5 Å². The van der Waals surface area contributed by atoms with Crippen LogP contribution in [0.15, 0.2) is 72.8 Å². The molecule has 0 saturated carbocycles. The summed E-state index contributed by atoms with van der Waals surface area (Å²) in [6, 6.07) is 23.0. The summed E-state index contributed by atoms with van der Waals surface area (Å²) in [5.41, 5.74) is 2.60. The monoisotopic (exact) mass is 374 g/mol. The van der Waals surface area contributed by atoms with E-state index < -0.39 is 5.54 Å². The number of hydrogen-bond donors (Lipinski definition) is 0. The second-order valence-corrected chi connectivity index (χ2v) is 6.78. The second-order valence-electron chi connectivity index (χ2n) is 6.78. The molecule has 0 N–H and O–H groups in total. The number of hydrogen-bond acceptors (Lipinski definition) is 4. The van der Waals surface area contributed by atoms with Gasteiger partial charge in [-0.15, -0.1) is 0 Å². The highest BCUT2D eigenvalue weighted by atomic mass is 16.6. The van der Waals surface area contributed by atoms with Crippen molar-refractivity contribution in [3.05, 3.63) is 99.6 Å². The lowest BCUT2D eigenvalue weighted by Crippen LogP contribution is -2.49. The quantitative estimate of drug-likeness (QED) is 0.447. The fraction of sp³-hybridized carbons (Fsp3) is 0.217. The predicted molar refractivity (Wildman–Crippen MR) is 109 cm³/mol. The highest BCUT2D eigenvalue weighted by Crippen LogP contribution is 2.53. The first kappa shape index (κ1) is 18.2. The lowest BCUT2D eigenvalue weighted by atomic mass is 9.73. The first-order valence-corrected chi connectivity index (χ1v) is 9.49. The van der Waals surface area contributed by atoms with Crippen LogP contribution in [0.2, 0.25) is 0 Å². The van der Waals surface area contributed by atoms with Crippen molar-refractivity contribution >= 4 is 5.69 Å². The Bertz CT molecular complexity index is 965. The van der Waals surface area contributed by atoms with E-state index in [4.69, 9.17) is 4.74 Å². The molecule has 4 rings (SSSR count). The van der Waals surface area contributed by atoms with Gasteiger partial charge in [-0.3, -0.25) is 15.0 Å². The number of fused-ring (bicyclic) bond motifs is 2. The maximum absolute atomic E-state index is 11.2. The third-order valence-electron chi connectivity index (χ3n) is 5.51. The number of non-ortho nitro benzene ring substituents is 1. The molecule has 5 nitrogen and oxygen atoms in total. The highest BCUT2D eigenvalue weighted by molar-refractivity contribution is 5.63.